The van der Waals surface area contributed by atoms with Gasteiger partial charge in [0.2, 0.25) is 27.7 Å². The summed E-state index contributed by atoms with van der Waals surface area (Å²) in [6, 6.07) is 8.80. The van der Waals surface area contributed by atoms with Crippen molar-refractivity contribution in [2.45, 2.75) is 114 Å². The number of guanidine groups is 1. The topological polar surface area (TPSA) is 238 Å². The van der Waals surface area contributed by atoms with Crippen molar-refractivity contribution in [3.8, 4) is 0 Å². The smallest absolute Gasteiger partial charge is 0.244 e. The zero-order valence-electron chi connectivity index (χ0n) is 29.7. The maximum Gasteiger partial charge on any atom is 0.244 e. The highest BCUT2D eigenvalue weighted by atomic mass is 32.2. The molecule has 2 aromatic rings. The Bertz CT molecular complexity index is 1510. The van der Waals surface area contributed by atoms with Crippen LogP contribution in [0.4, 0.5) is 0 Å². The number of hydrogen-bond acceptors (Lipinski definition) is 7. The number of amides is 3. The van der Waals surface area contributed by atoms with Gasteiger partial charge < -0.3 is 33.6 Å². The van der Waals surface area contributed by atoms with E-state index in [0.29, 0.717) is 36.1 Å². The molecular weight excluding hydrogens is 645 g/mol. The lowest BCUT2D eigenvalue weighted by Crippen LogP contribution is -2.54. The van der Waals surface area contributed by atoms with E-state index in [1.807, 2.05) is 39.8 Å². The molecule has 0 bridgehead atoms. The Kier molecular flexibility index (Phi) is 16.2. The zero-order chi connectivity index (χ0) is 36.9. The van der Waals surface area contributed by atoms with Crippen LogP contribution >= 0.6 is 0 Å². The number of sulfonamides is 1. The summed E-state index contributed by atoms with van der Waals surface area (Å²) in [7, 11) is -4.27. The molecular formula is C35H56N8O5S. The number of primary amides is 1. The van der Waals surface area contributed by atoms with E-state index in [1.54, 1.807) is 30.3 Å². The molecule has 13 nitrogen and oxygen atoms in total. The van der Waals surface area contributed by atoms with Gasteiger partial charge in [-0.1, -0.05) is 84.0 Å². The number of hydrogen-bond donors (Lipinski definition) is 7. The Morgan fingerprint density at radius 3 is 1.78 bits per heavy atom. The molecule has 0 radical (unpaired) electrons. The van der Waals surface area contributed by atoms with Crippen molar-refractivity contribution in [1.82, 2.24) is 15.4 Å². The van der Waals surface area contributed by atoms with E-state index < -0.39 is 45.9 Å². The molecule has 0 saturated carbocycles. The molecule has 3 atom stereocenters. The fraction of sp³-hybridized carbons (Fsp3) is 0.543. The number of benzene rings is 2. The molecule has 11 N–H and O–H groups in total. The van der Waals surface area contributed by atoms with Gasteiger partial charge in [0.05, 0.1) is 4.90 Å². The fourth-order valence-electron chi connectivity index (χ4n) is 5.43. The molecule has 0 aliphatic rings. The first-order valence-corrected chi connectivity index (χ1v) is 18.4. The van der Waals surface area contributed by atoms with Crippen LogP contribution in [0.25, 0.3) is 0 Å². The summed E-state index contributed by atoms with van der Waals surface area (Å²) in [5, 5.41) is 5.39. The Morgan fingerprint density at radius 2 is 1.29 bits per heavy atom. The van der Waals surface area contributed by atoms with Crippen LogP contribution in [0.5, 0.6) is 0 Å². The van der Waals surface area contributed by atoms with Crippen LogP contribution in [0.1, 0.15) is 120 Å². The summed E-state index contributed by atoms with van der Waals surface area (Å²) in [6.07, 6.45) is 1.55. The molecule has 3 amide bonds. The van der Waals surface area contributed by atoms with E-state index in [9.17, 15) is 22.8 Å². The first-order valence-electron chi connectivity index (χ1n) is 16.9. The van der Waals surface area contributed by atoms with Crippen molar-refractivity contribution >= 4 is 33.7 Å². The van der Waals surface area contributed by atoms with E-state index in [4.69, 9.17) is 22.9 Å². The number of aliphatic imine (C=N–C) groups is 1. The molecule has 272 valence electrons. The van der Waals surface area contributed by atoms with Crippen LogP contribution in [0.15, 0.2) is 52.4 Å². The normalized spacial score (nSPS) is 13.6. The first-order chi connectivity index (χ1) is 23.0. The summed E-state index contributed by atoms with van der Waals surface area (Å²) >= 11 is 0. The third-order valence-electron chi connectivity index (χ3n) is 8.19. The van der Waals surface area contributed by atoms with E-state index >= 15 is 0 Å². The summed E-state index contributed by atoms with van der Waals surface area (Å²) in [6.45, 7) is 12.4. The van der Waals surface area contributed by atoms with Gasteiger partial charge in [0.1, 0.15) is 18.1 Å². The highest BCUT2D eigenvalue weighted by Crippen LogP contribution is 2.35. The van der Waals surface area contributed by atoms with Crippen molar-refractivity contribution in [2.24, 2.45) is 27.9 Å². The number of carbonyl (C=O) groups excluding carboxylic acids is 3. The Morgan fingerprint density at radius 1 is 0.735 bits per heavy atom. The molecule has 0 aliphatic heterocycles. The van der Waals surface area contributed by atoms with Crippen molar-refractivity contribution in [1.29, 1.82) is 0 Å². The lowest BCUT2D eigenvalue weighted by molar-refractivity contribution is -0.132. The molecule has 2 rings (SSSR count). The minimum absolute atomic E-state index is 0.0327. The predicted molar refractivity (Wildman–Crippen MR) is 194 cm³/mol. The van der Waals surface area contributed by atoms with Crippen molar-refractivity contribution < 1.29 is 22.8 Å². The summed E-state index contributed by atoms with van der Waals surface area (Å²) in [5.41, 5.74) is 25.1. The third-order valence-corrected chi connectivity index (χ3v) is 9.79. The third kappa shape index (κ3) is 12.4. The van der Waals surface area contributed by atoms with Gasteiger partial charge in [0.25, 0.3) is 0 Å². The molecule has 0 heterocycles. The lowest BCUT2D eigenvalue weighted by atomic mass is 9.89. The van der Waals surface area contributed by atoms with Crippen LogP contribution in [-0.4, -0.2) is 57.3 Å². The molecule has 49 heavy (non-hydrogen) atoms. The second-order valence-corrected chi connectivity index (χ2v) is 14.9. The maximum atomic E-state index is 14.3. The number of unbranched alkanes of at least 4 members (excludes halogenated alkanes) is 1. The Labute approximate surface area is 291 Å². The standard InChI is InChI=1S/C35H56N8O5S/c1-21(2)25-19-26(22(3)4)31(27(20-25)23(5)6)49(47,48)43-29(16-12-18-40-35(38)39)34(46)41-28(15-10-11-17-36)33(45)42-30(32(37)44)24-13-8-7-9-14-24/h7-9,13-14,19-23,28-30,43H,10-12,15-18,36H2,1-6H3,(H2,37,44)(H,41,46)(H,42,45)(H4,38,39,40)/t28-,29-,30+/m0/s1. The van der Waals surface area contributed by atoms with Gasteiger partial charge in [-0.05, 0) is 78.7 Å². The molecule has 0 unspecified atom stereocenters. The van der Waals surface area contributed by atoms with Crippen LogP contribution in [0.3, 0.4) is 0 Å². The van der Waals surface area contributed by atoms with Crippen LogP contribution < -0.4 is 38.3 Å². The molecule has 14 heteroatoms. The van der Waals surface area contributed by atoms with Gasteiger partial charge in [-0.2, -0.15) is 4.72 Å². The molecule has 0 spiro atoms. The van der Waals surface area contributed by atoms with Crippen LogP contribution in [-0.2, 0) is 24.4 Å². The monoisotopic (exact) mass is 700 g/mol. The highest BCUT2D eigenvalue weighted by molar-refractivity contribution is 7.89. The van der Waals surface area contributed by atoms with Gasteiger partial charge in [-0.3, -0.25) is 19.4 Å². The van der Waals surface area contributed by atoms with E-state index in [2.05, 4.69) is 34.2 Å². The maximum absolute atomic E-state index is 14.3. The predicted octanol–water partition coefficient (Wildman–Crippen LogP) is 2.71. The van der Waals surface area contributed by atoms with E-state index in [0.717, 1.165) is 5.56 Å². The van der Waals surface area contributed by atoms with Gasteiger partial charge in [-0.25, -0.2) is 8.42 Å². The van der Waals surface area contributed by atoms with Gasteiger partial charge >= 0.3 is 0 Å². The van der Waals surface area contributed by atoms with Crippen molar-refractivity contribution in [2.75, 3.05) is 13.1 Å². The number of nitrogens with zero attached hydrogens (tertiary/aromatic N) is 1. The number of carbonyl (C=O) groups is 3. The number of nitrogens with two attached hydrogens (primary N) is 4. The largest absolute Gasteiger partial charge is 0.370 e. The lowest BCUT2D eigenvalue weighted by Gasteiger charge is -2.27. The molecule has 0 saturated heterocycles. The van der Waals surface area contributed by atoms with Crippen LogP contribution in [0.2, 0.25) is 0 Å². The zero-order valence-corrected chi connectivity index (χ0v) is 30.5. The second kappa shape index (κ2) is 19.2. The minimum atomic E-state index is -4.27. The molecule has 2 aromatic carbocycles. The van der Waals surface area contributed by atoms with Crippen molar-refractivity contribution in [3.63, 3.8) is 0 Å². The first kappa shape index (κ1) is 41.2. The SMILES string of the molecule is CC(C)c1cc(C(C)C)c(S(=O)(=O)N[C@@H](CCCN=C(N)N)C(=O)N[C@@H](CCCCN)C(=O)N[C@@H](C(N)=O)c2ccccc2)c(C(C)C)c1. The van der Waals surface area contributed by atoms with Crippen LogP contribution in [0, 0.1) is 0 Å². The van der Waals surface area contributed by atoms with Gasteiger partial charge in [-0.15, -0.1) is 0 Å². The average Bonchev–Trinajstić information content (AvgIpc) is 3.03. The quantitative estimate of drug-likeness (QED) is 0.0614. The number of nitrogens with one attached hydrogen (secondary N) is 3. The van der Waals surface area contributed by atoms with Gasteiger partial charge in [0.15, 0.2) is 5.96 Å². The number of rotatable bonds is 20. The Balaban J connectivity index is 2.53. The summed E-state index contributed by atoms with van der Waals surface area (Å²) < 4.78 is 31.3. The van der Waals surface area contributed by atoms with E-state index in [1.165, 1.54) is 0 Å². The second-order valence-electron chi connectivity index (χ2n) is 13.2. The van der Waals surface area contributed by atoms with Gasteiger partial charge in [0, 0.05) is 6.54 Å². The molecule has 0 fully saturated rings. The molecule has 0 aromatic heterocycles. The molecule has 0 aliphatic carbocycles. The Hall–Kier alpha value is -4.01. The fourth-order valence-corrected chi connectivity index (χ4v) is 7.36. The minimum Gasteiger partial charge on any atom is -0.370 e. The average molecular weight is 701 g/mol. The summed E-state index contributed by atoms with van der Waals surface area (Å²) in [4.78, 5) is 44.0. The van der Waals surface area contributed by atoms with Crippen molar-refractivity contribution in [3.05, 3.63) is 64.7 Å². The summed E-state index contributed by atoms with van der Waals surface area (Å²) in [5.74, 6) is -2.35. The highest BCUT2D eigenvalue weighted by Gasteiger charge is 2.33. The van der Waals surface area contributed by atoms with E-state index in [-0.39, 0.29) is 54.4 Å².